The maximum Gasteiger partial charge on any atom is 0.123 e. The first-order valence-corrected chi connectivity index (χ1v) is 3.41. The van der Waals surface area contributed by atoms with E-state index in [1.165, 1.54) is 0 Å². The van der Waals surface area contributed by atoms with Gasteiger partial charge in [-0.2, -0.15) is 0 Å². The monoisotopic (exact) mass is 152 g/mol. The van der Waals surface area contributed by atoms with Crippen LogP contribution in [0, 0.1) is 0 Å². The van der Waals surface area contributed by atoms with Crippen molar-refractivity contribution < 1.29 is 0 Å². The van der Waals surface area contributed by atoms with Crippen molar-refractivity contribution in [2.75, 3.05) is 12.3 Å². The third-order valence-electron chi connectivity index (χ3n) is 1.49. The lowest BCUT2D eigenvalue weighted by Gasteiger charge is -2.07. The Bertz CT molecular complexity index is 218. The third kappa shape index (κ3) is 1.89. The van der Waals surface area contributed by atoms with Crippen LogP contribution in [0.3, 0.4) is 0 Å². The molecule has 1 aromatic rings. The average molecular weight is 152 g/mol. The van der Waals surface area contributed by atoms with Crippen molar-refractivity contribution in [3.8, 4) is 0 Å². The first kappa shape index (κ1) is 7.97. The van der Waals surface area contributed by atoms with Crippen LogP contribution in [0.15, 0.2) is 18.3 Å². The molecule has 6 N–H and O–H groups in total. The Labute approximate surface area is 65.4 Å². The molecule has 0 radical (unpaired) electrons. The molecule has 1 aromatic heterocycles. The topological polar surface area (TPSA) is 91.0 Å². The fraction of sp³-hybridized carbons (Fsp3) is 0.286. The molecule has 1 atom stereocenters. The summed E-state index contributed by atoms with van der Waals surface area (Å²) >= 11 is 0. The van der Waals surface area contributed by atoms with Gasteiger partial charge in [0.1, 0.15) is 5.82 Å². The summed E-state index contributed by atoms with van der Waals surface area (Å²) in [6.07, 6.45) is 1.65. The zero-order chi connectivity index (χ0) is 8.27. The molecule has 0 fully saturated rings. The Kier molecular flexibility index (Phi) is 2.40. The Hall–Kier alpha value is -1.13. The molecule has 0 spiro atoms. The van der Waals surface area contributed by atoms with Gasteiger partial charge in [0.15, 0.2) is 0 Å². The van der Waals surface area contributed by atoms with Crippen LogP contribution in [0.4, 0.5) is 5.82 Å². The van der Waals surface area contributed by atoms with Gasteiger partial charge in [-0.3, -0.25) is 0 Å². The first-order valence-electron chi connectivity index (χ1n) is 3.41. The minimum atomic E-state index is -0.136. The molecule has 1 rings (SSSR count). The summed E-state index contributed by atoms with van der Waals surface area (Å²) < 4.78 is 0. The van der Waals surface area contributed by atoms with Crippen LogP contribution in [0.5, 0.6) is 0 Å². The van der Waals surface area contributed by atoms with Crippen molar-refractivity contribution >= 4 is 5.82 Å². The Morgan fingerprint density at radius 3 is 2.64 bits per heavy atom. The van der Waals surface area contributed by atoms with Crippen molar-refractivity contribution in [2.45, 2.75) is 6.04 Å². The van der Waals surface area contributed by atoms with E-state index in [9.17, 15) is 0 Å². The Balaban J connectivity index is 2.81. The lowest BCUT2D eigenvalue weighted by Crippen LogP contribution is -2.20. The summed E-state index contributed by atoms with van der Waals surface area (Å²) in [5, 5.41) is 0. The molecule has 1 heterocycles. The van der Waals surface area contributed by atoms with Gasteiger partial charge in [-0.25, -0.2) is 4.98 Å². The second-order valence-electron chi connectivity index (χ2n) is 2.36. The maximum atomic E-state index is 5.64. The molecule has 60 valence electrons. The van der Waals surface area contributed by atoms with Gasteiger partial charge in [0.05, 0.1) is 0 Å². The predicted octanol–water partition coefficient (Wildman–Crippen LogP) is -0.378. The minimum Gasteiger partial charge on any atom is -0.384 e. The van der Waals surface area contributed by atoms with E-state index >= 15 is 0 Å². The number of nitrogens with zero attached hydrogens (tertiary/aromatic N) is 1. The SMILES string of the molecule is NC[C@@H](N)c1ccc(N)nc1. The van der Waals surface area contributed by atoms with E-state index in [-0.39, 0.29) is 6.04 Å². The molecule has 11 heavy (non-hydrogen) atoms. The maximum absolute atomic E-state index is 5.64. The second-order valence-corrected chi connectivity index (χ2v) is 2.36. The fourth-order valence-corrected chi connectivity index (χ4v) is 0.772. The number of hydrogen-bond donors (Lipinski definition) is 3. The highest BCUT2D eigenvalue weighted by Crippen LogP contribution is 2.07. The summed E-state index contributed by atoms with van der Waals surface area (Å²) in [5.74, 6) is 0.498. The first-order chi connectivity index (χ1) is 5.24. The van der Waals surface area contributed by atoms with E-state index in [0.29, 0.717) is 12.4 Å². The summed E-state index contributed by atoms with van der Waals surface area (Å²) in [5.41, 5.74) is 17.3. The zero-order valence-corrected chi connectivity index (χ0v) is 6.20. The number of nitrogens with two attached hydrogens (primary N) is 3. The highest BCUT2D eigenvalue weighted by atomic mass is 14.8. The van der Waals surface area contributed by atoms with Crippen LogP contribution in [0.2, 0.25) is 0 Å². The largest absolute Gasteiger partial charge is 0.384 e. The summed E-state index contributed by atoms with van der Waals surface area (Å²) in [4.78, 5) is 3.89. The van der Waals surface area contributed by atoms with Crippen molar-refractivity contribution in [1.82, 2.24) is 4.98 Å². The standard InChI is InChI=1S/C7H12N4/c8-3-6(9)5-1-2-7(10)11-4-5/h1-2,4,6H,3,8-9H2,(H2,10,11)/t6-/m1/s1. The molecule has 0 bridgehead atoms. The van der Waals surface area contributed by atoms with Crippen LogP contribution < -0.4 is 17.2 Å². The third-order valence-corrected chi connectivity index (χ3v) is 1.49. The van der Waals surface area contributed by atoms with Crippen LogP contribution in [0.1, 0.15) is 11.6 Å². The highest BCUT2D eigenvalue weighted by Gasteiger charge is 2.01. The van der Waals surface area contributed by atoms with E-state index in [0.717, 1.165) is 5.56 Å². The van der Waals surface area contributed by atoms with E-state index < -0.39 is 0 Å². The predicted molar refractivity (Wildman–Crippen MR) is 44.6 cm³/mol. The van der Waals surface area contributed by atoms with Gasteiger partial charge < -0.3 is 17.2 Å². The summed E-state index contributed by atoms with van der Waals surface area (Å²) in [7, 11) is 0. The molecule has 4 nitrogen and oxygen atoms in total. The van der Waals surface area contributed by atoms with E-state index in [1.54, 1.807) is 12.3 Å². The second kappa shape index (κ2) is 3.32. The molecular weight excluding hydrogens is 140 g/mol. The van der Waals surface area contributed by atoms with Gasteiger partial charge in [-0.1, -0.05) is 6.07 Å². The van der Waals surface area contributed by atoms with Gasteiger partial charge in [-0.15, -0.1) is 0 Å². The lowest BCUT2D eigenvalue weighted by atomic mass is 10.1. The fourth-order valence-electron chi connectivity index (χ4n) is 0.772. The molecule has 0 aliphatic carbocycles. The van der Waals surface area contributed by atoms with Crippen molar-refractivity contribution in [3.63, 3.8) is 0 Å². The number of anilines is 1. The van der Waals surface area contributed by atoms with E-state index in [4.69, 9.17) is 17.2 Å². The molecular formula is C7H12N4. The number of aromatic nitrogens is 1. The average Bonchev–Trinajstić information content (AvgIpc) is 2.05. The van der Waals surface area contributed by atoms with Crippen molar-refractivity contribution in [2.24, 2.45) is 11.5 Å². The lowest BCUT2D eigenvalue weighted by molar-refractivity contribution is 0.733. The molecule has 0 unspecified atom stereocenters. The molecule has 0 saturated carbocycles. The summed E-state index contributed by atoms with van der Waals surface area (Å²) in [6.45, 7) is 0.422. The molecule has 4 heteroatoms. The number of hydrogen-bond acceptors (Lipinski definition) is 4. The molecule has 0 amide bonds. The van der Waals surface area contributed by atoms with Crippen molar-refractivity contribution in [3.05, 3.63) is 23.9 Å². The minimum absolute atomic E-state index is 0.136. The van der Waals surface area contributed by atoms with Gasteiger partial charge >= 0.3 is 0 Å². The normalized spacial score (nSPS) is 12.9. The van der Waals surface area contributed by atoms with E-state index in [1.807, 2.05) is 6.07 Å². The molecule has 0 aliphatic heterocycles. The van der Waals surface area contributed by atoms with Gasteiger partial charge in [0.25, 0.3) is 0 Å². The zero-order valence-electron chi connectivity index (χ0n) is 6.20. The number of rotatable bonds is 2. The van der Waals surface area contributed by atoms with Gasteiger partial charge in [0, 0.05) is 18.8 Å². The summed E-state index contributed by atoms with van der Waals surface area (Å²) in [6, 6.07) is 3.41. The van der Waals surface area contributed by atoms with Crippen LogP contribution in [-0.4, -0.2) is 11.5 Å². The van der Waals surface area contributed by atoms with Crippen LogP contribution in [-0.2, 0) is 0 Å². The van der Waals surface area contributed by atoms with Crippen molar-refractivity contribution in [1.29, 1.82) is 0 Å². The van der Waals surface area contributed by atoms with Crippen LogP contribution >= 0.6 is 0 Å². The smallest absolute Gasteiger partial charge is 0.123 e. The Morgan fingerprint density at radius 1 is 1.45 bits per heavy atom. The number of pyridine rings is 1. The Morgan fingerprint density at radius 2 is 2.18 bits per heavy atom. The molecule has 0 saturated heterocycles. The van der Waals surface area contributed by atoms with Gasteiger partial charge in [0.2, 0.25) is 0 Å². The van der Waals surface area contributed by atoms with E-state index in [2.05, 4.69) is 4.98 Å². The quantitative estimate of drug-likeness (QED) is 0.539. The molecule has 0 aromatic carbocycles. The van der Waals surface area contributed by atoms with Crippen LogP contribution in [0.25, 0.3) is 0 Å². The van der Waals surface area contributed by atoms with Gasteiger partial charge in [-0.05, 0) is 11.6 Å². The molecule has 0 aliphatic rings. The highest BCUT2D eigenvalue weighted by molar-refractivity contribution is 5.30. The number of nitrogen functional groups attached to an aromatic ring is 1.